The van der Waals surface area contributed by atoms with Gasteiger partial charge in [-0.2, -0.15) is 0 Å². The summed E-state index contributed by atoms with van der Waals surface area (Å²) in [4.78, 5) is 40.1. The van der Waals surface area contributed by atoms with Crippen LogP contribution in [0.1, 0.15) is 69.0 Å². The van der Waals surface area contributed by atoms with Gasteiger partial charge in [0.2, 0.25) is 0 Å². The zero-order chi connectivity index (χ0) is 32.3. The van der Waals surface area contributed by atoms with Crippen LogP contribution in [0, 0.1) is 0 Å². The van der Waals surface area contributed by atoms with Crippen molar-refractivity contribution in [3.8, 4) is 5.75 Å². The number of carbonyl (C=O) groups excluding carboxylic acids is 2. The Bertz CT molecular complexity index is 1880. The summed E-state index contributed by atoms with van der Waals surface area (Å²) in [7, 11) is 0. The number of aromatic nitrogens is 3. The number of aromatic amines is 1. The van der Waals surface area contributed by atoms with Gasteiger partial charge in [-0.1, -0.05) is 24.3 Å². The van der Waals surface area contributed by atoms with Crippen molar-refractivity contribution in [3.63, 3.8) is 0 Å². The molecule has 1 atom stereocenters. The van der Waals surface area contributed by atoms with Crippen LogP contribution >= 0.6 is 0 Å². The number of anilines is 1. The lowest BCUT2D eigenvalue weighted by molar-refractivity contribution is -0.143. The predicted octanol–water partition coefficient (Wildman–Crippen LogP) is 7.51. The van der Waals surface area contributed by atoms with Gasteiger partial charge in [-0.05, 0) is 94.1 Å². The minimum atomic E-state index is -0.572. The monoisotopic (exact) mass is 620 g/mol. The van der Waals surface area contributed by atoms with Crippen LogP contribution in [0.15, 0.2) is 72.9 Å². The Balaban J connectivity index is 1.17. The fourth-order valence-electron chi connectivity index (χ4n) is 5.87. The van der Waals surface area contributed by atoms with Crippen molar-refractivity contribution in [1.82, 2.24) is 15.0 Å². The van der Waals surface area contributed by atoms with Crippen LogP contribution in [0.25, 0.3) is 21.8 Å². The van der Waals surface area contributed by atoms with E-state index in [4.69, 9.17) is 19.2 Å². The number of para-hydroxylation sites is 1. The Morgan fingerprint density at radius 2 is 1.87 bits per heavy atom. The summed E-state index contributed by atoms with van der Waals surface area (Å²) < 4.78 is 17.1. The second kappa shape index (κ2) is 13.2. The van der Waals surface area contributed by atoms with Gasteiger partial charge in [0.25, 0.3) is 0 Å². The minimum absolute atomic E-state index is 0.198. The van der Waals surface area contributed by atoms with Gasteiger partial charge in [0, 0.05) is 52.8 Å². The molecule has 9 heteroatoms. The first-order valence-corrected chi connectivity index (χ1v) is 15.9. The molecule has 0 fully saturated rings. The maximum Gasteiger partial charge on any atom is 0.416 e. The van der Waals surface area contributed by atoms with Crippen molar-refractivity contribution in [2.75, 3.05) is 24.7 Å². The zero-order valence-electron chi connectivity index (χ0n) is 26.8. The lowest BCUT2D eigenvalue weighted by atomic mass is 9.92. The maximum absolute atomic E-state index is 12.9. The molecule has 4 heterocycles. The van der Waals surface area contributed by atoms with E-state index < -0.39 is 5.60 Å². The normalized spacial score (nSPS) is 13.8. The van der Waals surface area contributed by atoms with Gasteiger partial charge >= 0.3 is 12.1 Å². The van der Waals surface area contributed by atoms with Crippen molar-refractivity contribution in [1.29, 1.82) is 0 Å². The molecule has 0 bridgehead atoms. The fraction of sp³-hybridized carbons (Fsp3) is 0.351. The standard InChI is InChI=1S/C37H40N4O5/c1-5-44-34(42)22-30(27-19-25-9-6-7-11-31(25)38-23-27)33-21-26-20-29(14-15-32(26)40-33)45-18-16-28-13-12-24-10-8-17-41(35(24)39-28)36(43)46-37(2,3)4/h6-7,9,11-15,19-21,23,30,40H,5,8,10,16-18,22H2,1-4H3. The molecule has 0 spiro atoms. The highest BCUT2D eigenvalue weighted by molar-refractivity contribution is 5.88. The smallest absolute Gasteiger partial charge is 0.416 e. The van der Waals surface area contributed by atoms with E-state index in [0.717, 1.165) is 62.9 Å². The molecule has 9 nitrogen and oxygen atoms in total. The van der Waals surface area contributed by atoms with Crippen molar-refractivity contribution in [3.05, 3.63) is 95.4 Å². The molecule has 1 amide bonds. The third-order valence-electron chi connectivity index (χ3n) is 8.02. The second-order valence-corrected chi connectivity index (χ2v) is 12.6. The first-order valence-electron chi connectivity index (χ1n) is 15.9. The number of carbonyl (C=O) groups is 2. The molecule has 5 aromatic rings. The van der Waals surface area contributed by atoms with Crippen molar-refractivity contribution in [2.24, 2.45) is 0 Å². The summed E-state index contributed by atoms with van der Waals surface area (Å²) in [6, 6.07) is 22.1. The Hall–Kier alpha value is -4.92. The molecule has 3 aromatic heterocycles. The van der Waals surface area contributed by atoms with Crippen LogP contribution in [0.5, 0.6) is 5.75 Å². The average Bonchev–Trinajstić information content (AvgIpc) is 3.45. The molecule has 6 rings (SSSR count). The third-order valence-corrected chi connectivity index (χ3v) is 8.02. The number of hydrogen-bond donors (Lipinski definition) is 1. The molecule has 0 saturated heterocycles. The third kappa shape index (κ3) is 7.14. The number of benzene rings is 2. The number of aryl methyl sites for hydroxylation is 1. The van der Waals surface area contributed by atoms with Gasteiger partial charge < -0.3 is 19.2 Å². The molecule has 1 unspecified atom stereocenters. The number of fused-ring (bicyclic) bond motifs is 3. The summed E-state index contributed by atoms with van der Waals surface area (Å²) in [5, 5.41) is 2.00. The van der Waals surface area contributed by atoms with E-state index in [1.54, 1.807) is 4.90 Å². The van der Waals surface area contributed by atoms with E-state index in [-0.39, 0.29) is 24.4 Å². The minimum Gasteiger partial charge on any atom is -0.493 e. The van der Waals surface area contributed by atoms with Crippen LogP contribution in [0.2, 0.25) is 0 Å². The van der Waals surface area contributed by atoms with Crippen molar-refractivity contribution < 1.29 is 23.8 Å². The maximum atomic E-state index is 12.9. The Labute approximate surface area is 268 Å². The van der Waals surface area contributed by atoms with E-state index in [0.29, 0.717) is 32.0 Å². The van der Waals surface area contributed by atoms with Crippen LogP contribution in [-0.4, -0.2) is 52.4 Å². The lowest BCUT2D eigenvalue weighted by Crippen LogP contribution is -2.40. The molecule has 0 radical (unpaired) electrons. The number of amides is 1. The summed E-state index contributed by atoms with van der Waals surface area (Å²) >= 11 is 0. The highest BCUT2D eigenvalue weighted by Crippen LogP contribution is 2.33. The van der Waals surface area contributed by atoms with Crippen LogP contribution < -0.4 is 9.64 Å². The van der Waals surface area contributed by atoms with Crippen LogP contribution in [0.3, 0.4) is 0 Å². The average molecular weight is 621 g/mol. The molecular weight excluding hydrogens is 580 g/mol. The van der Waals surface area contributed by atoms with Crippen molar-refractivity contribution >= 4 is 39.7 Å². The summed E-state index contributed by atoms with van der Waals surface area (Å²) in [6.45, 7) is 8.76. The van der Waals surface area contributed by atoms with Crippen LogP contribution in [-0.2, 0) is 27.1 Å². The largest absolute Gasteiger partial charge is 0.493 e. The Kier molecular flexibility index (Phi) is 8.92. The van der Waals surface area contributed by atoms with E-state index in [2.05, 4.69) is 28.2 Å². The molecule has 0 aliphatic carbocycles. The number of nitrogens with zero attached hydrogens (tertiary/aromatic N) is 3. The SMILES string of the molecule is CCOC(=O)CC(c1cnc2ccccc2c1)c1cc2cc(OCCc3ccc4c(n3)N(C(=O)OC(C)(C)C)CCC4)ccc2[nH]1. The Morgan fingerprint density at radius 1 is 1.02 bits per heavy atom. The predicted molar refractivity (Wildman–Crippen MR) is 178 cm³/mol. The van der Waals surface area contributed by atoms with Gasteiger partial charge in [-0.15, -0.1) is 0 Å². The number of H-pyrrole nitrogens is 1. The van der Waals surface area contributed by atoms with Gasteiger partial charge in [0.05, 0.1) is 25.2 Å². The van der Waals surface area contributed by atoms with E-state index in [9.17, 15) is 9.59 Å². The summed E-state index contributed by atoms with van der Waals surface area (Å²) in [5.74, 6) is 0.913. The highest BCUT2D eigenvalue weighted by atomic mass is 16.6. The highest BCUT2D eigenvalue weighted by Gasteiger charge is 2.28. The lowest BCUT2D eigenvalue weighted by Gasteiger charge is -2.31. The number of hydrogen-bond acceptors (Lipinski definition) is 7. The quantitative estimate of drug-likeness (QED) is 0.170. The fourth-order valence-corrected chi connectivity index (χ4v) is 5.87. The van der Waals surface area contributed by atoms with E-state index >= 15 is 0 Å². The van der Waals surface area contributed by atoms with Gasteiger partial charge in [-0.3, -0.25) is 14.7 Å². The van der Waals surface area contributed by atoms with Gasteiger partial charge in [0.1, 0.15) is 17.2 Å². The molecule has 1 N–H and O–H groups in total. The van der Waals surface area contributed by atoms with Gasteiger partial charge in [-0.25, -0.2) is 9.78 Å². The van der Waals surface area contributed by atoms with E-state index in [1.807, 2.05) is 82.4 Å². The van der Waals surface area contributed by atoms with Crippen molar-refractivity contribution in [2.45, 2.75) is 64.9 Å². The number of pyridine rings is 2. The summed E-state index contributed by atoms with van der Waals surface area (Å²) in [5.41, 5.74) is 5.04. The molecule has 1 aliphatic rings. The van der Waals surface area contributed by atoms with E-state index in [1.165, 1.54) is 0 Å². The summed E-state index contributed by atoms with van der Waals surface area (Å²) in [6.07, 6.45) is 4.02. The van der Waals surface area contributed by atoms with Crippen LogP contribution in [0.4, 0.5) is 10.6 Å². The topological polar surface area (TPSA) is 107 Å². The number of ether oxygens (including phenoxy) is 3. The second-order valence-electron chi connectivity index (χ2n) is 12.6. The molecular formula is C37H40N4O5. The number of nitrogens with one attached hydrogen (secondary N) is 1. The molecule has 0 saturated carbocycles. The molecule has 46 heavy (non-hydrogen) atoms. The number of esters is 1. The zero-order valence-corrected chi connectivity index (χ0v) is 26.8. The first-order chi connectivity index (χ1) is 22.2. The Morgan fingerprint density at radius 3 is 2.70 bits per heavy atom. The molecule has 1 aliphatic heterocycles. The molecule has 2 aromatic carbocycles. The molecule has 238 valence electrons. The number of rotatable bonds is 9. The van der Waals surface area contributed by atoms with Gasteiger partial charge in [0.15, 0.2) is 0 Å². The first kappa shape index (κ1) is 31.1.